The van der Waals surface area contributed by atoms with E-state index in [2.05, 4.69) is 15.5 Å². The lowest BCUT2D eigenvalue weighted by Crippen LogP contribution is -2.45. The number of fused-ring (bicyclic) bond motifs is 1. The van der Waals surface area contributed by atoms with Crippen molar-refractivity contribution < 1.29 is 22.7 Å². The van der Waals surface area contributed by atoms with Crippen LogP contribution in [0.4, 0.5) is 0 Å². The number of amidine groups is 3. The molecule has 2 aromatic rings. The Hall–Kier alpha value is -3.44. The van der Waals surface area contributed by atoms with Crippen LogP contribution < -0.4 is 9.47 Å². The molecule has 4 rings (SSSR count). The third-order valence-corrected chi connectivity index (χ3v) is 6.92. The van der Waals surface area contributed by atoms with Gasteiger partial charge in [-0.3, -0.25) is 10.2 Å². The molecule has 0 spiro atoms. The molecule has 2 aromatic carbocycles. The quantitative estimate of drug-likeness (QED) is 0.340. The van der Waals surface area contributed by atoms with Gasteiger partial charge in [0.2, 0.25) is 20.2 Å². The SMILES string of the molecule is Cc1ccc(OCCCOc2ccc(/C=C3/C(=N)N4C(=NC3=O)SN=C4S(C)(=O)=O)cc2)c(C)c1. The average molecular weight is 513 g/mol. The monoisotopic (exact) mass is 512 g/mol. The van der Waals surface area contributed by atoms with Crippen LogP contribution in [0.5, 0.6) is 11.5 Å². The molecule has 2 heterocycles. The van der Waals surface area contributed by atoms with Gasteiger partial charge in [0.25, 0.3) is 5.91 Å². The molecule has 11 heteroatoms. The van der Waals surface area contributed by atoms with Crippen LogP contribution in [0.15, 0.2) is 57.4 Å². The van der Waals surface area contributed by atoms with E-state index in [1.807, 2.05) is 26.0 Å². The zero-order valence-corrected chi connectivity index (χ0v) is 21.1. The number of amides is 1. The van der Waals surface area contributed by atoms with Crippen LogP contribution in [0, 0.1) is 19.3 Å². The fraction of sp³-hybridized carbons (Fsp3) is 0.250. The molecule has 1 N–H and O–H groups in total. The van der Waals surface area contributed by atoms with E-state index in [0.29, 0.717) is 30.9 Å². The highest BCUT2D eigenvalue weighted by Crippen LogP contribution is 2.30. The molecule has 0 aliphatic carbocycles. The molecule has 9 nitrogen and oxygen atoms in total. The zero-order valence-electron chi connectivity index (χ0n) is 19.4. The number of rotatable bonds is 7. The number of carbonyl (C=O) groups is 1. The Labute approximate surface area is 208 Å². The Morgan fingerprint density at radius 2 is 1.80 bits per heavy atom. The number of aliphatic imine (C=N–C) groups is 1. The van der Waals surface area contributed by atoms with Gasteiger partial charge in [0.05, 0.1) is 30.7 Å². The van der Waals surface area contributed by atoms with Crippen molar-refractivity contribution in [3.05, 3.63) is 64.7 Å². The second-order valence-electron chi connectivity index (χ2n) is 8.07. The minimum absolute atomic E-state index is 0.0233. The van der Waals surface area contributed by atoms with Gasteiger partial charge in [-0.15, -0.1) is 0 Å². The second kappa shape index (κ2) is 10.0. The fourth-order valence-electron chi connectivity index (χ4n) is 3.46. The van der Waals surface area contributed by atoms with E-state index in [0.717, 1.165) is 34.4 Å². The number of benzene rings is 2. The highest BCUT2D eigenvalue weighted by Gasteiger charge is 2.41. The van der Waals surface area contributed by atoms with Gasteiger partial charge < -0.3 is 9.47 Å². The van der Waals surface area contributed by atoms with E-state index < -0.39 is 15.7 Å². The van der Waals surface area contributed by atoms with Gasteiger partial charge in [0.15, 0.2) is 0 Å². The van der Waals surface area contributed by atoms with Crippen molar-refractivity contribution >= 4 is 49.9 Å². The third kappa shape index (κ3) is 5.63. The lowest BCUT2D eigenvalue weighted by molar-refractivity contribution is -0.114. The molecule has 0 fully saturated rings. The fourth-order valence-corrected chi connectivity index (χ4v) is 5.30. The molecule has 0 unspecified atom stereocenters. The summed E-state index contributed by atoms with van der Waals surface area (Å²) < 4.78 is 39.4. The number of hydrogen-bond donors (Lipinski definition) is 1. The van der Waals surface area contributed by atoms with Gasteiger partial charge in [-0.2, -0.15) is 9.39 Å². The predicted molar refractivity (Wildman–Crippen MR) is 138 cm³/mol. The molecule has 0 bridgehead atoms. The van der Waals surface area contributed by atoms with E-state index >= 15 is 0 Å². The molecular formula is C24H24N4O5S2. The standard InChI is InChI=1S/C24H24N4O5S2/c1-15-5-10-20(16(2)13-15)33-12-4-11-32-18-8-6-17(7-9-18)14-19-21(25)28-23(26-22(19)29)34-27-24(28)35(3,30)31/h5-10,13-14,25H,4,11-12H2,1-3H3/b19-14-,25-21?. The largest absolute Gasteiger partial charge is 0.493 e. The number of aryl methyl sites for hydroxylation is 2. The molecule has 1 amide bonds. The molecule has 35 heavy (non-hydrogen) atoms. The molecule has 2 aliphatic rings. The second-order valence-corrected chi connectivity index (χ2v) is 10.7. The molecule has 0 saturated heterocycles. The van der Waals surface area contributed by atoms with Gasteiger partial charge in [-0.25, -0.2) is 13.3 Å². The topological polar surface area (TPSA) is 121 Å². The zero-order chi connectivity index (χ0) is 25.2. The highest BCUT2D eigenvalue weighted by atomic mass is 32.2. The first-order chi connectivity index (χ1) is 16.6. The molecule has 182 valence electrons. The van der Waals surface area contributed by atoms with Gasteiger partial charge in [0, 0.05) is 12.7 Å². The maximum Gasteiger partial charge on any atom is 0.283 e. The van der Waals surface area contributed by atoms with Crippen molar-refractivity contribution in [3.63, 3.8) is 0 Å². The maximum absolute atomic E-state index is 12.4. The van der Waals surface area contributed by atoms with Gasteiger partial charge >= 0.3 is 0 Å². The van der Waals surface area contributed by atoms with Crippen LogP contribution in [0.1, 0.15) is 23.1 Å². The summed E-state index contributed by atoms with van der Waals surface area (Å²) in [7, 11) is -3.69. The van der Waals surface area contributed by atoms with Crippen LogP contribution in [0.3, 0.4) is 0 Å². The molecule has 2 aliphatic heterocycles. The van der Waals surface area contributed by atoms with E-state index in [1.165, 1.54) is 11.6 Å². The Kier molecular flexibility index (Phi) is 7.08. The minimum atomic E-state index is -3.69. The lowest BCUT2D eigenvalue weighted by atomic mass is 10.1. The maximum atomic E-state index is 12.4. The van der Waals surface area contributed by atoms with Crippen molar-refractivity contribution in [1.82, 2.24) is 4.90 Å². The third-order valence-electron chi connectivity index (χ3n) is 5.16. The van der Waals surface area contributed by atoms with Crippen molar-refractivity contribution in [2.24, 2.45) is 9.39 Å². The van der Waals surface area contributed by atoms with Crippen molar-refractivity contribution in [2.75, 3.05) is 19.5 Å². The first kappa shape index (κ1) is 24.7. The van der Waals surface area contributed by atoms with Crippen molar-refractivity contribution in [3.8, 4) is 11.5 Å². The smallest absolute Gasteiger partial charge is 0.283 e. The van der Waals surface area contributed by atoms with Crippen LogP contribution in [0.25, 0.3) is 6.08 Å². The van der Waals surface area contributed by atoms with E-state index in [4.69, 9.17) is 14.9 Å². The summed E-state index contributed by atoms with van der Waals surface area (Å²) in [5.41, 5.74) is 2.92. The first-order valence-electron chi connectivity index (χ1n) is 10.8. The Morgan fingerprint density at radius 3 is 2.49 bits per heavy atom. The van der Waals surface area contributed by atoms with Gasteiger partial charge in [0.1, 0.15) is 17.3 Å². The van der Waals surface area contributed by atoms with E-state index in [1.54, 1.807) is 24.3 Å². The highest BCUT2D eigenvalue weighted by molar-refractivity contribution is 8.16. The van der Waals surface area contributed by atoms with Crippen LogP contribution in [0.2, 0.25) is 0 Å². The van der Waals surface area contributed by atoms with Crippen LogP contribution in [-0.4, -0.2) is 54.9 Å². The summed E-state index contributed by atoms with van der Waals surface area (Å²) in [5, 5.41) is 8.13. The van der Waals surface area contributed by atoms with Gasteiger partial charge in [-0.1, -0.05) is 29.8 Å². The number of hydrogen-bond acceptors (Lipinski definition) is 8. The number of nitrogens with one attached hydrogen (secondary N) is 1. The van der Waals surface area contributed by atoms with Crippen LogP contribution >= 0.6 is 11.9 Å². The first-order valence-corrected chi connectivity index (χ1v) is 13.4. The molecule has 0 radical (unpaired) electrons. The van der Waals surface area contributed by atoms with Crippen LogP contribution in [-0.2, 0) is 14.6 Å². The molecule has 0 aromatic heterocycles. The Bertz CT molecular complexity index is 1380. The number of ether oxygens (including phenoxy) is 2. The van der Waals surface area contributed by atoms with Crippen molar-refractivity contribution in [2.45, 2.75) is 20.3 Å². The summed E-state index contributed by atoms with van der Waals surface area (Å²) in [6.45, 7) is 5.08. The molecule has 0 saturated carbocycles. The molecular weight excluding hydrogens is 488 g/mol. The summed E-state index contributed by atoms with van der Waals surface area (Å²) in [6.07, 6.45) is 3.20. The van der Waals surface area contributed by atoms with E-state index in [9.17, 15) is 13.2 Å². The summed E-state index contributed by atoms with van der Waals surface area (Å²) in [5.74, 6) is 0.627. The number of nitrogens with zero attached hydrogens (tertiary/aromatic N) is 3. The lowest BCUT2D eigenvalue weighted by Gasteiger charge is -2.23. The average Bonchev–Trinajstić information content (AvgIpc) is 3.23. The minimum Gasteiger partial charge on any atom is -0.493 e. The van der Waals surface area contributed by atoms with Crippen molar-refractivity contribution in [1.29, 1.82) is 5.41 Å². The summed E-state index contributed by atoms with van der Waals surface area (Å²) in [4.78, 5) is 17.4. The summed E-state index contributed by atoms with van der Waals surface area (Å²) >= 11 is 0.760. The normalized spacial score (nSPS) is 16.8. The predicted octanol–water partition coefficient (Wildman–Crippen LogP) is 3.77. The Morgan fingerprint density at radius 1 is 1.09 bits per heavy atom. The molecule has 0 atom stereocenters. The van der Waals surface area contributed by atoms with Gasteiger partial charge in [-0.05, 0) is 49.2 Å². The number of sulfone groups is 1. The summed E-state index contributed by atoms with van der Waals surface area (Å²) in [6, 6.07) is 13.1. The Balaban J connectivity index is 1.35. The van der Waals surface area contributed by atoms with E-state index in [-0.39, 0.29) is 21.7 Å². The number of carbonyl (C=O) groups excluding carboxylic acids is 1.